The number of benzene rings is 1. The lowest BCUT2D eigenvalue weighted by molar-refractivity contribution is 0.304. The predicted molar refractivity (Wildman–Crippen MR) is 97.8 cm³/mol. The fourth-order valence-electron chi connectivity index (χ4n) is 2.36. The summed E-state index contributed by atoms with van der Waals surface area (Å²) in [5, 5.41) is 0. The molecule has 1 N–H and O–H groups in total. The molecule has 1 aromatic carbocycles. The second-order valence-corrected chi connectivity index (χ2v) is 7.37. The lowest BCUT2D eigenvalue weighted by atomic mass is 10.1. The van der Waals surface area contributed by atoms with E-state index in [2.05, 4.69) is 11.6 Å². The first kappa shape index (κ1) is 20.8. The van der Waals surface area contributed by atoms with Crippen LogP contribution in [-0.4, -0.2) is 22.1 Å². The smallest absolute Gasteiger partial charge is 0.382 e. The van der Waals surface area contributed by atoms with Crippen LogP contribution >= 0.6 is 0 Å². The van der Waals surface area contributed by atoms with Crippen LogP contribution in [0.5, 0.6) is 11.5 Å². The summed E-state index contributed by atoms with van der Waals surface area (Å²) in [7, 11) is -2.41. The molecule has 6 heteroatoms. The Balaban J connectivity index is 2.09. The molecule has 138 valence electrons. The predicted octanol–water partition coefficient (Wildman–Crippen LogP) is 4.44. The molecule has 0 atom stereocenters. The van der Waals surface area contributed by atoms with Gasteiger partial charge >= 0.3 is 10.3 Å². The molecule has 0 aliphatic carbocycles. The van der Waals surface area contributed by atoms with E-state index in [0.717, 1.165) is 12.2 Å². The molecule has 0 radical (unpaired) electrons. The first-order chi connectivity index (χ1) is 11.6. The third-order valence-electron chi connectivity index (χ3n) is 3.80. The van der Waals surface area contributed by atoms with Crippen molar-refractivity contribution in [2.75, 3.05) is 13.7 Å². The summed E-state index contributed by atoms with van der Waals surface area (Å²) in [6.45, 7) is 2.93. The maximum absolute atomic E-state index is 11.3. The van der Waals surface area contributed by atoms with Crippen molar-refractivity contribution in [2.24, 2.45) is 0 Å². The van der Waals surface area contributed by atoms with Gasteiger partial charge in [-0.3, -0.25) is 0 Å². The Kier molecular flexibility index (Phi) is 10.5. The number of hydrogen-bond acceptors (Lipinski definition) is 4. The number of ether oxygens (including phenoxy) is 1. The van der Waals surface area contributed by atoms with Crippen molar-refractivity contribution in [3.63, 3.8) is 0 Å². The fourth-order valence-corrected chi connectivity index (χ4v) is 2.81. The maximum Gasteiger partial charge on any atom is 0.382 e. The Morgan fingerprint density at radius 1 is 0.833 bits per heavy atom. The summed E-state index contributed by atoms with van der Waals surface area (Å²) in [6, 6.07) is 6.60. The van der Waals surface area contributed by atoms with Crippen molar-refractivity contribution in [3.8, 4) is 11.5 Å². The molecular weight excluding hydrogens is 326 g/mol. The van der Waals surface area contributed by atoms with E-state index in [1.54, 1.807) is 24.3 Å². The number of hydrogen-bond donors (Lipinski definition) is 1. The van der Waals surface area contributed by atoms with E-state index in [9.17, 15) is 8.42 Å². The Labute approximate surface area is 147 Å². The maximum atomic E-state index is 11.3. The van der Waals surface area contributed by atoms with Crippen molar-refractivity contribution < 1.29 is 17.3 Å². The lowest BCUT2D eigenvalue weighted by Crippen LogP contribution is -2.24. The summed E-state index contributed by atoms with van der Waals surface area (Å²) in [5.74, 6) is 0.989. The molecule has 1 rings (SSSR count). The minimum absolute atomic E-state index is 0.264. The van der Waals surface area contributed by atoms with Crippen LogP contribution in [0.1, 0.15) is 64.7 Å². The van der Waals surface area contributed by atoms with Gasteiger partial charge in [0.2, 0.25) is 0 Å². The summed E-state index contributed by atoms with van der Waals surface area (Å²) in [4.78, 5) is 0. The van der Waals surface area contributed by atoms with Crippen molar-refractivity contribution in [1.82, 2.24) is 4.72 Å². The molecule has 0 heterocycles. The Hall–Kier alpha value is -1.27. The molecular formula is C18H31NO4S. The summed E-state index contributed by atoms with van der Waals surface area (Å²) < 4.78 is 35.1. The van der Waals surface area contributed by atoms with Gasteiger partial charge in [-0.2, -0.15) is 13.1 Å². The van der Waals surface area contributed by atoms with Crippen molar-refractivity contribution >= 4 is 10.3 Å². The van der Waals surface area contributed by atoms with Crippen LogP contribution in [0.4, 0.5) is 0 Å². The van der Waals surface area contributed by atoms with Crippen molar-refractivity contribution in [2.45, 2.75) is 64.7 Å². The van der Waals surface area contributed by atoms with Crippen LogP contribution in [0.25, 0.3) is 0 Å². The highest BCUT2D eigenvalue weighted by molar-refractivity contribution is 7.85. The average molecular weight is 358 g/mol. The van der Waals surface area contributed by atoms with E-state index in [0.29, 0.717) is 6.61 Å². The quantitative estimate of drug-likeness (QED) is 0.500. The summed E-state index contributed by atoms with van der Waals surface area (Å²) >= 11 is 0. The van der Waals surface area contributed by atoms with E-state index in [4.69, 9.17) is 8.92 Å². The minimum Gasteiger partial charge on any atom is -0.494 e. The second-order valence-electron chi connectivity index (χ2n) is 5.89. The normalized spacial score (nSPS) is 11.4. The zero-order valence-corrected chi connectivity index (χ0v) is 15.7. The lowest BCUT2D eigenvalue weighted by Gasteiger charge is -2.08. The van der Waals surface area contributed by atoms with Crippen LogP contribution in [0.3, 0.4) is 0 Å². The van der Waals surface area contributed by atoms with Gasteiger partial charge in [0.1, 0.15) is 11.5 Å². The van der Waals surface area contributed by atoms with Gasteiger partial charge in [-0.25, -0.2) is 0 Å². The van der Waals surface area contributed by atoms with Crippen LogP contribution in [0.15, 0.2) is 24.3 Å². The first-order valence-corrected chi connectivity index (χ1v) is 10.3. The highest BCUT2D eigenvalue weighted by Gasteiger charge is 2.08. The Morgan fingerprint density at radius 3 is 1.88 bits per heavy atom. The number of rotatable bonds is 14. The van der Waals surface area contributed by atoms with E-state index < -0.39 is 10.3 Å². The molecule has 0 saturated heterocycles. The molecule has 0 aromatic heterocycles. The topological polar surface area (TPSA) is 64.6 Å². The highest BCUT2D eigenvalue weighted by atomic mass is 32.2. The van der Waals surface area contributed by atoms with Crippen LogP contribution < -0.4 is 13.6 Å². The van der Waals surface area contributed by atoms with Gasteiger partial charge < -0.3 is 8.92 Å². The summed E-state index contributed by atoms with van der Waals surface area (Å²) in [5.41, 5.74) is 0. The van der Waals surface area contributed by atoms with Crippen molar-refractivity contribution in [1.29, 1.82) is 0 Å². The van der Waals surface area contributed by atoms with Crippen LogP contribution in [-0.2, 0) is 10.3 Å². The monoisotopic (exact) mass is 357 g/mol. The third-order valence-corrected chi connectivity index (χ3v) is 4.71. The van der Waals surface area contributed by atoms with E-state index in [1.165, 1.54) is 58.4 Å². The molecule has 0 bridgehead atoms. The highest BCUT2D eigenvalue weighted by Crippen LogP contribution is 2.19. The second kappa shape index (κ2) is 12.1. The van der Waals surface area contributed by atoms with Gasteiger partial charge in [0.25, 0.3) is 0 Å². The molecule has 5 nitrogen and oxygen atoms in total. The van der Waals surface area contributed by atoms with E-state index in [-0.39, 0.29) is 5.75 Å². The zero-order chi connectivity index (χ0) is 17.7. The van der Waals surface area contributed by atoms with Crippen LogP contribution in [0, 0.1) is 0 Å². The van der Waals surface area contributed by atoms with Gasteiger partial charge in [0.05, 0.1) is 6.61 Å². The van der Waals surface area contributed by atoms with E-state index >= 15 is 0 Å². The number of unbranched alkanes of at least 4 members (excludes halogenated alkanes) is 8. The third kappa shape index (κ3) is 9.78. The molecule has 0 aliphatic heterocycles. The Bertz CT molecular complexity index is 528. The van der Waals surface area contributed by atoms with Gasteiger partial charge in [-0.15, -0.1) is 0 Å². The van der Waals surface area contributed by atoms with Gasteiger partial charge in [0.15, 0.2) is 0 Å². The zero-order valence-electron chi connectivity index (χ0n) is 14.9. The van der Waals surface area contributed by atoms with Crippen LogP contribution in [0.2, 0.25) is 0 Å². The van der Waals surface area contributed by atoms with Gasteiger partial charge in [-0.05, 0) is 30.7 Å². The standard InChI is InChI=1S/C18H31NO4S/c1-3-4-5-6-7-8-9-10-11-16-22-17-12-14-18(15-13-17)23-24(20,21)19-2/h12-15,19H,3-11,16H2,1-2H3. The molecule has 0 saturated carbocycles. The molecule has 1 aromatic rings. The molecule has 0 amide bonds. The van der Waals surface area contributed by atoms with E-state index in [1.807, 2.05) is 0 Å². The average Bonchev–Trinajstić information content (AvgIpc) is 2.58. The fraction of sp³-hybridized carbons (Fsp3) is 0.667. The van der Waals surface area contributed by atoms with Gasteiger partial charge in [0, 0.05) is 7.05 Å². The van der Waals surface area contributed by atoms with Crippen molar-refractivity contribution in [3.05, 3.63) is 24.3 Å². The molecule has 0 unspecified atom stereocenters. The largest absolute Gasteiger partial charge is 0.494 e. The molecule has 24 heavy (non-hydrogen) atoms. The molecule has 0 fully saturated rings. The SMILES string of the molecule is CCCCCCCCCCCOc1ccc(OS(=O)(=O)NC)cc1. The Morgan fingerprint density at radius 2 is 1.33 bits per heavy atom. The molecule has 0 aliphatic rings. The number of nitrogens with one attached hydrogen (secondary N) is 1. The molecule has 0 spiro atoms. The van der Waals surface area contributed by atoms with Gasteiger partial charge in [-0.1, -0.05) is 58.3 Å². The summed E-state index contributed by atoms with van der Waals surface area (Å²) in [6.07, 6.45) is 11.6. The first-order valence-electron chi connectivity index (χ1n) is 8.93. The minimum atomic E-state index is -3.71.